The molecule has 0 aromatic heterocycles. The summed E-state index contributed by atoms with van der Waals surface area (Å²) in [6.07, 6.45) is 34.5. The molecule has 0 radical (unpaired) electrons. The fourth-order valence-corrected chi connectivity index (χ4v) is 11.9. The highest BCUT2D eigenvalue weighted by Crippen LogP contribution is 2.62. The minimum Gasteiger partial charge on any atom is -0.281 e. The second kappa shape index (κ2) is 27.3. The first-order valence-electron chi connectivity index (χ1n) is 20.5. The van der Waals surface area contributed by atoms with E-state index in [1.807, 2.05) is 0 Å². The molecule has 0 aliphatic rings. The normalized spacial score (nSPS) is 13.9. The van der Waals surface area contributed by atoms with E-state index in [0.717, 1.165) is 0 Å². The van der Waals surface area contributed by atoms with Gasteiger partial charge in [0.1, 0.15) is 0 Å². The molecule has 0 bridgehead atoms. The van der Waals surface area contributed by atoms with E-state index in [1.54, 1.807) is 50.3 Å². The number of hydrogen-bond donors (Lipinski definition) is 1. The molecule has 0 amide bonds. The summed E-state index contributed by atoms with van der Waals surface area (Å²) in [6, 6.07) is 0. The standard InChI is InChI=1S/C32H68P.C6HF13O3S/c1-5-9-13-17-18-19-20-21-22-23-24-28-32-33(29-25-14-10-6-2,30-26-15-11-7-3)31-27-16-12-8-4;7-1(8,3(11,12)5(15,16)17)2(9,10)4(13,14)6(18,19)23(20,21)22/h5-32H2,1-4H3;(H,20,21,22)/q+1;. The summed E-state index contributed by atoms with van der Waals surface area (Å²) in [5.41, 5.74) is 0. The van der Waals surface area contributed by atoms with Crippen molar-refractivity contribution in [2.24, 2.45) is 0 Å². The Labute approximate surface area is 328 Å². The fraction of sp³-hybridized carbons (Fsp3) is 1.00. The number of hydrogen-bond acceptors (Lipinski definition) is 2. The van der Waals surface area contributed by atoms with Crippen LogP contribution in [-0.2, 0) is 10.1 Å². The Morgan fingerprint density at radius 1 is 0.357 bits per heavy atom. The Bertz CT molecular complexity index is 1070. The van der Waals surface area contributed by atoms with Crippen molar-refractivity contribution < 1.29 is 70.0 Å². The lowest BCUT2D eigenvalue weighted by Gasteiger charge is -2.38. The first kappa shape index (κ1) is 57.5. The lowest BCUT2D eigenvalue weighted by molar-refractivity contribution is -0.433. The Morgan fingerprint density at radius 3 is 0.804 bits per heavy atom. The SMILES string of the molecule is CCCCCCCCCCCCCC[P+](CCCCCC)(CCCCCC)CCCCCC.O=S(=O)(O)C(F)(F)C(F)(F)C(F)(F)C(F)(F)C(F)(F)C(F)(F)F. The van der Waals surface area contributed by atoms with Gasteiger partial charge in [-0.3, -0.25) is 4.55 Å². The summed E-state index contributed by atoms with van der Waals surface area (Å²) in [4.78, 5) is 0. The van der Waals surface area contributed by atoms with Gasteiger partial charge in [0.15, 0.2) is 0 Å². The smallest absolute Gasteiger partial charge is 0.281 e. The van der Waals surface area contributed by atoms with E-state index in [4.69, 9.17) is 4.55 Å². The molecule has 0 atom stereocenters. The lowest BCUT2D eigenvalue weighted by Crippen LogP contribution is -2.71. The summed E-state index contributed by atoms with van der Waals surface area (Å²) in [6.45, 7) is 9.41. The van der Waals surface area contributed by atoms with Crippen molar-refractivity contribution in [1.82, 2.24) is 0 Å². The largest absolute Gasteiger partial charge is 0.460 e. The molecule has 0 spiro atoms. The zero-order valence-electron chi connectivity index (χ0n) is 33.8. The monoisotopic (exact) mass is 883 g/mol. The maximum Gasteiger partial charge on any atom is 0.460 e. The lowest BCUT2D eigenvalue weighted by atomic mass is 9.98. The van der Waals surface area contributed by atoms with Gasteiger partial charge in [-0.05, 0) is 51.4 Å². The predicted molar refractivity (Wildman–Crippen MR) is 202 cm³/mol. The van der Waals surface area contributed by atoms with Crippen LogP contribution in [0, 0.1) is 0 Å². The third-order valence-corrected chi connectivity index (χ3v) is 16.1. The second-order valence-corrected chi connectivity index (χ2v) is 21.0. The van der Waals surface area contributed by atoms with Gasteiger partial charge in [-0.1, -0.05) is 130 Å². The Kier molecular flexibility index (Phi) is 28.1. The molecule has 0 aliphatic heterocycles. The van der Waals surface area contributed by atoms with Gasteiger partial charge in [0.25, 0.3) is 0 Å². The van der Waals surface area contributed by atoms with Gasteiger partial charge in [0, 0.05) is 7.26 Å². The molecule has 0 saturated heterocycles. The first-order chi connectivity index (χ1) is 25.7. The molecule has 0 heterocycles. The minimum atomic E-state index is -8.25. The van der Waals surface area contributed by atoms with Crippen molar-refractivity contribution in [3.8, 4) is 0 Å². The van der Waals surface area contributed by atoms with Crippen LogP contribution in [0.5, 0.6) is 0 Å². The van der Waals surface area contributed by atoms with Gasteiger partial charge in [0.2, 0.25) is 0 Å². The summed E-state index contributed by atoms with van der Waals surface area (Å²) >= 11 is 0. The first-order valence-corrected chi connectivity index (χ1v) is 24.5. The molecule has 56 heavy (non-hydrogen) atoms. The molecule has 0 aromatic rings. The van der Waals surface area contributed by atoms with Crippen LogP contribution in [0.15, 0.2) is 0 Å². The Balaban J connectivity index is 0. The molecule has 0 rings (SSSR count). The topological polar surface area (TPSA) is 54.4 Å². The van der Waals surface area contributed by atoms with E-state index in [0.29, 0.717) is 0 Å². The highest BCUT2D eigenvalue weighted by Gasteiger charge is 2.92. The van der Waals surface area contributed by atoms with E-state index in [9.17, 15) is 65.5 Å². The van der Waals surface area contributed by atoms with E-state index in [1.165, 1.54) is 128 Å². The van der Waals surface area contributed by atoms with Gasteiger partial charge < -0.3 is 0 Å². The summed E-state index contributed by atoms with van der Waals surface area (Å²) < 4.78 is 188. The Hall–Kier alpha value is -0.570. The van der Waals surface area contributed by atoms with Crippen LogP contribution in [0.3, 0.4) is 0 Å². The van der Waals surface area contributed by atoms with Crippen molar-refractivity contribution in [3.63, 3.8) is 0 Å². The molecule has 0 aliphatic carbocycles. The van der Waals surface area contributed by atoms with Crippen LogP contribution in [0.1, 0.15) is 182 Å². The van der Waals surface area contributed by atoms with Crippen LogP contribution in [0.4, 0.5) is 57.1 Å². The highest BCUT2D eigenvalue weighted by molar-refractivity contribution is 7.87. The second-order valence-electron chi connectivity index (χ2n) is 15.1. The quantitative estimate of drug-likeness (QED) is 0.0309. The van der Waals surface area contributed by atoms with Gasteiger partial charge in [-0.2, -0.15) is 65.5 Å². The zero-order chi connectivity index (χ0) is 43.8. The maximum atomic E-state index is 12.7. The van der Waals surface area contributed by atoms with Crippen molar-refractivity contribution >= 4 is 17.4 Å². The van der Waals surface area contributed by atoms with Gasteiger partial charge >= 0.3 is 45.2 Å². The molecule has 0 unspecified atom stereocenters. The third kappa shape index (κ3) is 18.4. The van der Waals surface area contributed by atoms with E-state index < -0.39 is 52.5 Å². The van der Waals surface area contributed by atoms with Crippen LogP contribution < -0.4 is 0 Å². The summed E-state index contributed by atoms with van der Waals surface area (Å²) in [5.74, 6) is -32.5. The van der Waals surface area contributed by atoms with Crippen LogP contribution in [-0.4, -0.2) is 72.7 Å². The van der Waals surface area contributed by atoms with E-state index in [-0.39, 0.29) is 0 Å². The molecular formula is C38H69F13O3PS+. The highest BCUT2D eigenvalue weighted by atomic mass is 32.2. The van der Waals surface area contributed by atoms with Crippen molar-refractivity contribution in [2.75, 3.05) is 24.6 Å². The van der Waals surface area contributed by atoms with Gasteiger partial charge in [-0.15, -0.1) is 0 Å². The molecule has 3 nitrogen and oxygen atoms in total. The molecule has 1 N–H and O–H groups in total. The molecule has 18 heteroatoms. The van der Waals surface area contributed by atoms with Gasteiger partial charge in [-0.25, -0.2) is 0 Å². The molecule has 0 fully saturated rings. The molecule has 0 saturated carbocycles. The number of unbranched alkanes of at least 4 members (excludes halogenated alkanes) is 20. The average molecular weight is 884 g/mol. The van der Waals surface area contributed by atoms with Crippen LogP contribution in [0.25, 0.3) is 0 Å². The van der Waals surface area contributed by atoms with Crippen LogP contribution >= 0.6 is 7.26 Å². The molecule has 340 valence electrons. The van der Waals surface area contributed by atoms with E-state index in [2.05, 4.69) is 27.7 Å². The predicted octanol–water partition coefficient (Wildman–Crippen LogP) is 16.0. The van der Waals surface area contributed by atoms with Gasteiger partial charge in [0.05, 0.1) is 24.6 Å². The van der Waals surface area contributed by atoms with Crippen LogP contribution in [0.2, 0.25) is 0 Å². The minimum absolute atomic E-state index is 0.697. The summed E-state index contributed by atoms with van der Waals surface area (Å²) in [5, 5.41) is -7.52. The fourth-order valence-electron chi connectivity index (χ4n) is 6.50. The number of halogens is 13. The Morgan fingerprint density at radius 2 is 0.571 bits per heavy atom. The maximum absolute atomic E-state index is 12.7. The number of rotatable bonds is 33. The van der Waals surface area contributed by atoms with E-state index >= 15 is 0 Å². The average Bonchev–Trinajstić information content (AvgIpc) is 3.10. The van der Waals surface area contributed by atoms with Crippen molar-refractivity contribution in [2.45, 2.75) is 217 Å². The van der Waals surface area contributed by atoms with Crippen molar-refractivity contribution in [3.05, 3.63) is 0 Å². The van der Waals surface area contributed by atoms with Crippen molar-refractivity contribution in [1.29, 1.82) is 0 Å². The number of alkyl halides is 13. The zero-order valence-corrected chi connectivity index (χ0v) is 35.5. The third-order valence-electron chi connectivity index (χ3n) is 10.2. The molecular weight excluding hydrogens is 814 g/mol. The molecule has 0 aromatic carbocycles. The summed E-state index contributed by atoms with van der Waals surface area (Å²) in [7, 11) is -8.30.